The van der Waals surface area contributed by atoms with Crippen LogP contribution in [-0.2, 0) is 4.79 Å². The van der Waals surface area contributed by atoms with E-state index in [0.717, 1.165) is 23.4 Å². The van der Waals surface area contributed by atoms with Crippen LogP contribution in [0.25, 0.3) is 17.1 Å². The lowest BCUT2D eigenvalue weighted by molar-refractivity contribution is -0.117. The normalized spacial score (nSPS) is 12.5. The second-order valence-electron chi connectivity index (χ2n) is 9.37. The molecule has 0 aliphatic carbocycles. The molecule has 1 N–H and O–H groups in total. The number of anilines is 1. The predicted octanol–water partition coefficient (Wildman–Crippen LogP) is 5.65. The lowest BCUT2D eigenvalue weighted by Gasteiger charge is -2.22. The molecule has 0 spiro atoms. The van der Waals surface area contributed by atoms with E-state index in [1.165, 1.54) is 5.56 Å². The van der Waals surface area contributed by atoms with Gasteiger partial charge in [0.25, 0.3) is 0 Å². The smallest absolute Gasteiger partial charge is 0.336 e. The Balaban J connectivity index is 1.75. The highest BCUT2D eigenvalue weighted by molar-refractivity contribution is 5.90. The topological polar surface area (TPSA) is 69.0 Å². The summed E-state index contributed by atoms with van der Waals surface area (Å²) in [7, 11) is 1.55. The van der Waals surface area contributed by atoms with E-state index in [9.17, 15) is 4.79 Å². The number of carbonyl (C=O) groups is 1. The summed E-state index contributed by atoms with van der Waals surface area (Å²) in [5, 5.41) is 7.45. The van der Waals surface area contributed by atoms with E-state index in [1.54, 1.807) is 11.8 Å². The third-order valence-electron chi connectivity index (χ3n) is 4.97. The fourth-order valence-electron chi connectivity index (χ4n) is 3.78. The summed E-state index contributed by atoms with van der Waals surface area (Å²) in [6, 6.07) is 16.0. The molecular formula is C25H32N4O2. The monoisotopic (exact) mass is 420 g/mol. The number of benzene rings is 2. The van der Waals surface area contributed by atoms with Gasteiger partial charge in [-0.15, -0.1) is 5.10 Å². The van der Waals surface area contributed by atoms with E-state index in [4.69, 9.17) is 4.74 Å². The molecule has 31 heavy (non-hydrogen) atoms. The van der Waals surface area contributed by atoms with E-state index < -0.39 is 0 Å². The molecule has 3 rings (SSSR count). The lowest BCUT2D eigenvalue weighted by atomic mass is 9.84. The van der Waals surface area contributed by atoms with Gasteiger partial charge in [0, 0.05) is 17.7 Å². The van der Waals surface area contributed by atoms with Gasteiger partial charge < -0.3 is 10.1 Å². The lowest BCUT2D eigenvalue weighted by Crippen LogP contribution is -2.18. The van der Waals surface area contributed by atoms with Crippen LogP contribution in [0.5, 0.6) is 6.01 Å². The average molecular weight is 421 g/mol. The summed E-state index contributed by atoms with van der Waals surface area (Å²) in [6.45, 7) is 10.8. The molecule has 0 aliphatic heterocycles. The van der Waals surface area contributed by atoms with Crippen molar-refractivity contribution in [2.24, 2.45) is 11.3 Å². The number of amides is 1. The van der Waals surface area contributed by atoms with Crippen LogP contribution >= 0.6 is 0 Å². The van der Waals surface area contributed by atoms with Gasteiger partial charge in [0.15, 0.2) is 5.82 Å². The second-order valence-corrected chi connectivity index (χ2v) is 9.37. The van der Waals surface area contributed by atoms with Gasteiger partial charge in [-0.2, -0.15) is 4.98 Å². The Morgan fingerprint density at radius 3 is 2.32 bits per heavy atom. The number of hydrogen-bond donors (Lipinski definition) is 1. The molecule has 164 valence electrons. The number of hydrogen-bond acceptors (Lipinski definition) is 4. The minimum absolute atomic E-state index is 0.0345. The van der Waals surface area contributed by atoms with Crippen molar-refractivity contribution in [2.45, 2.75) is 47.5 Å². The standard InChI is InChI=1S/C25H32N4O2/c1-17-7-9-19(10-8-17)23-27-24(31-6)28-29(23)21-13-11-20(12-14-21)26-22(30)15-18(2)16-25(3,4)5/h7-14,18H,15-16H2,1-6H3,(H,26,30). The summed E-state index contributed by atoms with van der Waals surface area (Å²) in [5.74, 6) is 1.07. The van der Waals surface area contributed by atoms with Crippen molar-refractivity contribution < 1.29 is 9.53 Å². The third kappa shape index (κ3) is 6.17. The molecular weight excluding hydrogens is 388 g/mol. The zero-order chi connectivity index (χ0) is 22.6. The molecule has 0 saturated heterocycles. The number of carbonyl (C=O) groups excluding carboxylic acids is 1. The Morgan fingerprint density at radius 2 is 1.74 bits per heavy atom. The first-order valence-electron chi connectivity index (χ1n) is 10.6. The molecule has 1 unspecified atom stereocenters. The van der Waals surface area contributed by atoms with Crippen LogP contribution in [0, 0.1) is 18.3 Å². The Morgan fingerprint density at radius 1 is 1.10 bits per heavy atom. The molecule has 0 saturated carbocycles. The van der Waals surface area contributed by atoms with Crippen LogP contribution in [-0.4, -0.2) is 27.8 Å². The van der Waals surface area contributed by atoms with Crippen LogP contribution < -0.4 is 10.1 Å². The number of methoxy groups -OCH3 is 1. The average Bonchev–Trinajstić information content (AvgIpc) is 3.12. The van der Waals surface area contributed by atoms with Gasteiger partial charge in [0.05, 0.1) is 12.8 Å². The zero-order valence-electron chi connectivity index (χ0n) is 19.3. The highest BCUT2D eigenvalue weighted by Crippen LogP contribution is 2.27. The van der Waals surface area contributed by atoms with Crippen molar-refractivity contribution in [3.8, 4) is 23.1 Å². The van der Waals surface area contributed by atoms with E-state index in [0.29, 0.717) is 24.2 Å². The molecule has 0 fully saturated rings. The number of ether oxygens (including phenoxy) is 1. The number of aromatic nitrogens is 3. The summed E-state index contributed by atoms with van der Waals surface area (Å²) in [5.41, 5.74) is 3.95. The Labute approximate surface area is 184 Å². The Bertz CT molecular complexity index is 1020. The van der Waals surface area contributed by atoms with Crippen molar-refractivity contribution in [3.05, 3.63) is 54.1 Å². The van der Waals surface area contributed by atoms with Crippen LogP contribution in [0.4, 0.5) is 5.69 Å². The first-order chi connectivity index (χ1) is 14.6. The summed E-state index contributed by atoms with van der Waals surface area (Å²) < 4.78 is 7.00. The van der Waals surface area contributed by atoms with Gasteiger partial charge in [-0.05, 0) is 48.9 Å². The van der Waals surface area contributed by atoms with E-state index >= 15 is 0 Å². The maximum Gasteiger partial charge on any atom is 0.336 e. The van der Waals surface area contributed by atoms with Crippen LogP contribution in [0.2, 0.25) is 0 Å². The maximum atomic E-state index is 12.4. The predicted molar refractivity (Wildman–Crippen MR) is 125 cm³/mol. The SMILES string of the molecule is COc1nc(-c2ccc(C)cc2)n(-c2ccc(NC(=O)CC(C)CC(C)(C)C)cc2)n1. The maximum absolute atomic E-state index is 12.4. The number of nitrogens with zero attached hydrogens (tertiary/aromatic N) is 3. The highest BCUT2D eigenvalue weighted by atomic mass is 16.5. The zero-order valence-corrected chi connectivity index (χ0v) is 19.3. The summed E-state index contributed by atoms with van der Waals surface area (Å²) >= 11 is 0. The molecule has 1 atom stereocenters. The first kappa shape index (κ1) is 22.5. The minimum atomic E-state index is 0.0345. The molecule has 1 aromatic heterocycles. The van der Waals surface area contributed by atoms with Crippen molar-refractivity contribution >= 4 is 11.6 Å². The molecule has 6 heteroatoms. The van der Waals surface area contributed by atoms with Crippen molar-refractivity contribution in [2.75, 3.05) is 12.4 Å². The Hall–Kier alpha value is -3.15. The van der Waals surface area contributed by atoms with Crippen molar-refractivity contribution in [3.63, 3.8) is 0 Å². The number of aryl methyl sites for hydroxylation is 1. The fourth-order valence-corrected chi connectivity index (χ4v) is 3.78. The Kier molecular flexibility index (Phi) is 6.78. The van der Waals surface area contributed by atoms with E-state index in [1.807, 2.05) is 55.5 Å². The molecule has 0 aliphatic rings. The molecule has 0 bridgehead atoms. The first-order valence-corrected chi connectivity index (χ1v) is 10.6. The van der Waals surface area contributed by atoms with Crippen molar-refractivity contribution in [1.82, 2.24) is 14.8 Å². The van der Waals surface area contributed by atoms with Gasteiger partial charge >= 0.3 is 6.01 Å². The summed E-state index contributed by atoms with van der Waals surface area (Å²) in [4.78, 5) is 16.9. The van der Waals surface area contributed by atoms with Gasteiger partial charge in [0.1, 0.15) is 0 Å². The minimum Gasteiger partial charge on any atom is -0.466 e. The largest absolute Gasteiger partial charge is 0.466 e. The second kappa shape index (κ2) is 9.33. The quantitative estimate of drug-likeness (QED) is 0.536. The molecule has 3 aromatic rings. The third-order valence-corrected chi connectivity index (χ3v) is 4.97. The molecule has 1 amide bonds. The summed E-state index contributed by atoms with van der Waals surface area (Å²) in [6.07, 6.45) is 1.52. The van der Waals surface area contributed by atoms with E-state index in [2.05, 4.69) is 43.1 Å². The van der Waals surface area contributed by atoms with Crippen LogP contribution in [0.15, 0.2) is 48.5 Å². The van der Waals surface area contributed by atoms with Crippen LogP contribution in [0.1, 0.15) is 46.1 Å². The molecule has 6 nitrogen and oxygen atoms in total. The molecule has 1 heterocycles. The number of rotatable bonds is 7. The fraction of sp³-hybridized carbons (Fsp3) is 0.400. The van der Waals surface area contributed by atoms with Gasteiger partial charge in [-0.3, -0.25) is 4.79 Å². The van der Waals surface area contributed by atoms with Gasteiger partial charge in [0.2, 0.25) is 5.91 Å². The molecule has 2 aromatic carbocycles. The van der Waals surface area contributed by atoms with E-state index in [-0.39, 0.29) is 11.3 Å². The van der Waals surface area contributed by atoms with Crippen molar-refractivity contribution in [1.29, 1.82) is 0 Å². The highest BCUT2D eigenvalue weighted by Gasteiger charge is 2.18. The van der Waals surface area contributed by atoms with Gasteiger partial charge in [-0.1, -0.05) is 57.5 Å². The van der Waals surface area contributed by atoms with Gasteiger partial charge in [-0.25, -0.2) is 4.68 Å². The number of nitrogens with one attached hydrogen (secondary N) is 1. The van der Waals surface area contributed by atoms with Crippen LogP contribution in [0.3, 0.4) is 0 Å². The molecule has 0 radical (unpaired) electrons.